The van der Waals surface area contributed by atoms with Crippen LogP contribution in [-0.2, 0) is 12.8 Å². The molecule has 3 rings (SSSR count). The smallest absolute Gasteiger partial charge is 0.418 e. The molecular formula is C23H21F3N2O2. The molecule has 0 aliphatic carbocycles. The van der Waals surface area contributed by atoms with E-state index in [0.29, 0.717) is 18.0 Å². The van der Waals surface area contributed by atoms with E-state index in [4.69, 9.17) is 4.74 Å². The summed E-state index contributed by atoms with van der Waals surface area (Å²) in [4.78, 5) is 14.0. The molecule has 7 heteroatoms. The summed E-state index contributed by atoms with van der Waals surface area (Å²) in [6.07, 6.45) is -4.59. The SMILES string of the molecule is CN(C)c1ccc(NC(=O)c2ccc(OCc3ccccc3)cc2)c(C(F)(F)F)c1. The average Bonchev–Trinajstić information content (AvgIpc) is 2.72. The van der Waals surface area contributed by atoms with Crippen LogP contribution in [0.5, 0.6) is 5.75 Å². The lowest BCUT2D eigenvalue weighted by atomic mass is 10.1. The number of nitrogens with zero attached hydrogens (tertiary/aromatic N) is 1. The summed E-state index contributed by atoms with van der Waals surface area (Å²) in [5.41, 5.74) is 0.430. The molecular weight excluding hydrogens is 393 g/mol. The molecule has 0 fully saturated rings. The van der Waals surface area contributed by atoms with Crippen LogP contribution in [0.3, 0.4) is 0 Å². The molecule has 156 valence electrons. The number of halogens is 3. The minimum absolute atomic E-state index is 0.229. The first-order valence-electron chi connectivity index (χ1n) is 9.21. The van der Waals surface area contributed by atoms with E-state index in [0.717, 1.165) is 11.6 Å². The molecule has 1 amide bonds. The lowest BCUT2D eigenvalue weighted by molar-refractivity contribution is -0.136. The molecule has 0 radical (unpaired) electrons. The lowest BCUT2D eigenvalue weighted by Crippen LogP contribution is -2.18. The molecule has 0 aliphatic heterocycles. The molecule has 0 atom stereocenters. The Hall–Kier alpha value is -3.48. The number of benzene rings is 3. The molecule has 0 saturated carbocycles. The predicted molar refractivity (Wildman–Crippen MR) is 111 cm³/mol. The van der Waals surface area contributed by atoms with Gasteiger partial charge in [-0.1, -0.05) is 30.3 Å². The molecule has 3 aromatic rings. The van der Waals surface area contributed by atoms with Crippen molar-refractivity contribution in [3.8, 4) is 5.75 Å². The Morgan fingerprint density at radius 1 is 0.967 bits per heavy atom. The number of ether oxygens (including phenoxy) is 1. The monoisotopic (exact) mass is 414 g/mol. The Labute approximate surface area is 172 Å². The van der Waals surface area contributed by atoms with Gasteiger partial charge >= 0.3 is 6.18 Å². The van der Waals surface area contributed by atoms with Gasteiger partial charge in [0.1, 0.15) is 12.4 Å². The largest absolute Gasteiger partial charge is 0.489 e. The van der Waals surface area contributed by atoms with Gasteiger partial charge in [0.05, 0.1) is 11.3 Å². The van der Waals surface area contributed by atoms with Crippen LogP contribution in [0.1, 0.15) is 21.5 Å². The Balaban J connectivity index is 1.71. The van der Waals surface area contributed by atoms with Crippen LogP contribution < -0.4 is 15.0 Å². The van der Waals surface area contributed by atoms with Gasteiger partial charge in [-0.15, -0.1) is 0 Å². The predicted octanol–water partition coefficient (Wildman–Crippen LogP) is 5.60. The van der Waals surface area contributed by atoms with Gasteiger partial charge in [-0.25, -0.2) is 0 Å². The van der Waals surface area contributed by atoms with Gasteiger partial charge in [0.2, 0.25) is 0 Å². The second kappa shape index (κ2) is 8.90. The highest BCUT2D eigenvalue weighted by molar-refractivity contribution is 6.04. The van der Waals surface area contributed by atoms with Crippen LogP contribution in [0.2, 0.25) is 0 Å². The molecule has 1 N–H and O–H groups in total. The zero-order valence-corrected chi connectivity index (χ0v) is 16.5. The number of anilines is 2. The van der Waals surface area contributed by atoms with Gasteiger partial charge in [-0.3, -0.25) is 4.79 Å². The Bertz CT molecular complexity index is 1000. The molecule has 0 bridgehead atoms. The molecule has 0 saturated heterocycles. The van der Waals surface area contributed by atoms with Gasteiger partial charge in [0.25, 0.3) is 5.91 Å². The number of amides is 1. The molecule has 0 aliphatic rings. The van der Waals surface area contributed by atoms with Crippen LogP contribution in [-0.4, -0.2) is 20.0 Å². The van der Waals surface area contributed by atoms with Crippen molar-refractivity contribution >= 4 is 17.3 Å². The van der Waals surface area contributed by atoms with Crippen LogP contribution in [0.15, 0.2) is 72.8 Å². The molecule has 0 heterocycles. The second-order valence-electron chi connectivity index (χ2n) is 6.87. The van der Waals surface area contributed by atoms with E-state index in [2.05, 4.69) is 5.32 Å². The van der Waals surface area contributed by atoms with E-state index in [1.807, 2.05) is 30.3 Å². The third kappa shape index (κ3) is 5.31. The zero-order chi connectivity index (χ0) is 21.7. The molecule has 0 spiro atoms. The molecule has 3 aromatic carbocycles. The number of hydrogen-bond acceptors (Lipinski definition) is 3. The number of hydrogen-bond donors (Lipinski definition) is 1. The number of alkyl halides is 3. The molecule has 0 unspecified atom stereocenters. The first-order valence-corrected chi connectivity index (χ1v) is 9.21. The van der Waals surface area contributed by atoms with Gasteiger partial charge in [-0.05, 0) is 48.0 Å². The molecule has 0 aromatic heterocycles. The number of nitrogens with one attached hydrogen (secondary N) is 1. The Kier molecular flexibility index (Phi) is 6.30. The quantitative estimate of drug-likeness (QED) is 0.571. The summed E-state index contributed by atoms with van der Waals surface area (Å²) in [5.74, 6) is -0.0746. The van der Waals surface area contributed by atoms with Crippen molar-refractivity contribution in [1.29, 1.82) is 0 Å². The minimum atomic E-state index is -4.59. The maximum absolute atomic E-state index is 13.4. The van der Waals surface area contributed by atoms with E-state index < -0.39 is 17.6 Å². The van der Waals surface area contributed by atoms with Crippen LogP contribution in [0, 0.1) is 0 Å². The zero-order valence-electron chi connectivity index (χ0n) is 16.5. The summed E-state index contributed by atoms with van der Waals surface area (Å²) in [6.45, 7) is 0.375. The third-order valence-corrected chi connectivity index (χ3v) is 4.44. The second-order valence-corrected chi connectivity index (χ2v) is 6.87. The van der Waals surface area contributed by atoms with E-state index in [-0.39, 0.29) is 11.3 Å². The van der Waals surface area contributed by atoms with Crippen molar-refractivity contribution in [3.63, 3.8) is 0 Å². The standard InChI is InChI=1S/C23H21F3N2O2/c1-28(2)18-10-13-21(20(14-18)23(24,25)26)27-22(29)17-8-11-19(12-9-17)30-15-16-6-4-3-5-7-16/h3-14H,15H2,1-2H3,(H,27,29). The first-order chi connectivity index (χ1) is 14.2. The van der Waals surface area contributed by atoms with Gasteiger partial charge in [0, 0.05) is 25.3 Å². The van der Waals surface area contributed by atoms with Gasteiger partial charge < -0.3 is 15.0 Å². The van der Waals surface area contributed by atoms with Crippen molar-refractivity contribution in [2.45, 2.75) is 12.8 Å². The average molecular weight is 414 g/mol. The number of carbonyl (C=O) groups excluding carboxylic acids is 1. The summed E-state index contributed by atoms with van der Waals surface area (Å²) in [7, 11) is 3.30. The summed E-state index contributed by atoms with van der Waals surface area (Å²) in [6, 6.07) is 19.6. The normalized spacial score (nSPS) is 11.1. The van der Waals surface area contributed by atoms with Crippen molar-refractivity contribution in [2.24, 2.45) is 0 Å². The first kappa shape index (κ1) is 21.2. The van der Waals surface area contributed by atoms with Crippen LogP contribution in [0.25, 0.3) is 0 Å². The number of rotatable bonds is 6. The third-order valence-electron chi connectivity index (χ3n) is 4.44. The topological polar surface area (TPSA) is 41.6 Å². The van der Waals surface area contributed by atoms with Crippen molar-refractivity contribution in [1.82, 2.24) is 0 Å². The van der Waals surface area contributed by atoms with Crippen molar-refractivity contribution in [3.05, 3.63) is 89.5 Å². The van der Waals surface area contributed by atoms with Crippen molar-refractivity contribution in [2.75, 3.05) is 24.3 Å². The van der Waals surface area contributed by atoms with Crippen LogP contribution in [0.4, 0.5) is 24.5 Å². The minimum Gasteiger partial charge on any atom is -0.489 e. The van der Waals surface area contributed by atoms with Gasteiger partial charge in [-0.2, -0.15) is 13.2 Å². The van der Waals surface area contributed by atoms with E-state index in [1.165, 1.54) is 24.3 Å². The molecule has 30 heavy (non-hydrogen) atoms. The van der Waals surface area contributed by atoms with E-state index in [1.54, 1.807) is 31.1 Å². The Morgan fingerprint density at radius 2 is 1.63 bits per heavy atom. The maximum atomic E-state index is 13.4. The Morgan fingerprint density at radius 3 is 2.23 bits per heavy atom. The maximum Gasteiger partial charge on any atom is 0.418 e. The highest BCUT2D eigenvalue weighted by Crippen LogP contribution is 2.37. The fourth-order valence-electron chi connectivity index (χ4n) is 2.79. The van der Waals surface area contributed by atoms with Crippen molar-refractivity contribution < 1.29 is 22.7 Å². The summed E-state index contributed by atoms with van der Waals surface area (Å²) >= 11 is 0. The van der Waals surface area contributed by atoms with E-state index in [9.17, 15) is 18.0 Å². The number of carbonyl (C=O) groups is 1. The van der Waals surface area contributed by atoms with E-state index >= 15 is 0 Å². The van der Waals surface area contributed by atoms with Crippen LogP contribution >= 0.6 is 0 Å². The molecule has 4 nitrogen and oxygen atoms in total. The highest BCUT2D eigenvalue weighted by Gasteiger charge is 2.34. The fourth-order valence-corrected chi connectivity index (χ4v) is 2.79. The highest BCUT2D eigenvalue weighted by atomic mass is 19.4. The summed E-state index contributed by atoms with van der Waals surface area (Å²) in [5, 5.41) is 2.36. The fraction of sp³-hybridized carbons (Fsp3) is 0.174. The van der Waals surface area contributed by atoms with Gasteiger partial charge in [0.15, 0.2) is 0 Å². The summed E-state index contributed by atoms with van der Waals surface area (Å²) < 4.78 is 46.0. The lowest BCUT2D eigenvalue weighted by Gasteiger charge is -2.18.